The summed E-state index contributed by atoms with van der Waals surface area (Å²) in [6.07, 6.45) is 14.8. The Morgan fingerprint density at radius 1 is 0.500 bits per heavy atom. The van der Waals surface area contributed by atoms with Crippen molar-refractivity contribution in [2.75, 3.05) is 19.8 Å². The molecule has 0 aliphatic rings. The van der Waals surface area contributed by atoms with Gasteiger partial charge in [0.1, 0.15) is 0 Å². The van der Waals surface area contributed by atoms with Gasteiger partial charge in [0.25, 0.3) is 0 Å². The maximum atomic E-state index is 6.25. The van der Waals surface area contributed by atoms with E-state index in [1.54, 1.807) is 0 Å². The van der Waals surface area contributed by atoms with E-state index in [2.05, 4.69) is 41.5 Å². The Balaban J connectivity index is 4.32. The summed E-state index contributed by atoms with van der Waals surface area (Å²) in [6.45, 7) is 16.0. The molecule has 0 fully saturated rings. The van der Waals surface area contributed by atoms with Gasteiger partial charge in [-0.25, -0.2) is 0 Å². The molecular formula is C26H53O3Sn. The topological polar surface area (TPSA) is 27.7 Å². The molecule has 0 saturated carbocycles. The van der Waals surface area contributed by atoms with Gasteiger partial charge in [-0.3, -0.25) is 0 Å². The molecule has 0 unspecified atom stereocenters. The summed E-state index contributed by atoms with van der Waals surface area (Å²) in [6, 6.07) is 0. The van der Waals surface area contributed by atoms with Gasteiger partial charge in [-0.15, -0.1) is 0 Å². The first kappa shape index (κ1) is 30.7. The van der Waals surface area contributed by atoms with Crippen LogP contribution in [0.15, 0.2) is 0 Å². The van der Waals surface area contributed by atoms with Crippen molar-refractivity contribution in [3.8, 4) is 0 Å². The molecule has 3 radical (unpaired) electrons. The van der Waals surface area contributed by atoms with Crippen LogP contribution in [-0.4, -0.2) is 48.3 Å². The maximum absolute atomic E-state index is 6.25. The van der Waals surface area contributed by atoms with Crippen molar-refractivity contribution in [1.82, 2.24) is 0 Å². The first-order valence-corrected chi connectivity index (χ1v) is 14.9. The summed E-state index contributed by atoms with van der Waals surface area (Å²) in [5.41, 5.74) is 0. The summed E-state index contributed by atoms with van der Waals surface area (Å²) in [4.78, 5) is 0. The van der Waals surface area contributed by atoms with Crippen LogP contribution >= 0.6 is 0 Å². The zero-order valence-corrected chi connectivity index (χ0v) is 24.1. The number of hydrogen-bond donors (Lipinski definition) is 0. The first-order valence-electron chi connectivity index (χ1n) is 12.9. The van der Waals surface area contributed by atoms with Crippen LogP contribution in [0.5, 0.6) is 0 Å². The first-order chi connectivity index (χ1) is 14.3. The van der Waals surface area contributed by atoms with Crippen LogP contribution in [0.4, 0.5) is 0 Å². The third-order valence-electron chi connectivity index (χ3n) is 5.46. The fourth-order valence-corrected chi connectivity index (χ4v) is 4.33. The fourth-order valence-electron chi connectivity index (χ4n) is 3.46. The Hall–Kier alpha value is 0.679. The molecule has 4 heteroatoms. The average molecular weight is 532 g/mol. The Morgan fingerprint density at radius 3 is 1.03 bits per heavy atom. The van der Waals surface area contributed by atoms with Crippen LogP contribution < -0.4 is 0 Å². The van der Waals surface area contributed by atoms with Gasteiger partial charge in [0, 0.05) is 0 Å². The minimum atomic E-state index is -0.799. The van der Waals surface area contributed by atoms with Gasteiger partial charge in [0.2, 0.25) is 0 Å². The number of rotatable bonds is 22. The molecule has 0 saturated heterocycles. The van der Waals surface area contributed by atoms with E-state index in [1.165, 1.54) is 80.3 Å². The molecule has 0 bridgehead atoms. The Bertz CT molecular complexity index is 308. The summed E-state index contributed by atoms with van der Waals surface area (Å²) in [5, 5.41) is 0. The van der Waals surface area contributed by atoms with Gasteiger partial charge < -0.3 is 0 Å². The van der Waals surface area contributed by atoms with Crippen LogP contribution in [0.25, 0.3) is 0 Å². The van der Waals surface area contributed by atoms with Crippen molar-refractivity contribution in [2.24, 2.45) is 17.8 Å². The van der Waals surface area contributed by atoms with E-state index in [-0.39, 0.29) is 0 Å². The molecule has 0 aromatic carbocycles. The van der Waals surface area contributed by atoms with Gasteiger partial charge in [-0.2, -0.15) is 0 Å². The van der Waals surface area contributed by atoms with E-state index in [4.69, 9.17) is 14.2 Å². The monoisotopic (exact) mass is 533 g/mol. The Morgan fingerprint density at radius 2 is 0.800 bits per heavy atom. The average Bonchev–Trinajstić information content (AvgIpc) is 2.68. The van der Waals surface area contributed by atoms with E-state index >= 15 is 0 Å². The second-order valence-corrected chi connectivity index (χ2v) is 11.1. The van der Waals surface area contributed by atoms with Crippen LogP contribution in [-0.2, 0) is 14.2 Å². The van der Waals surface area contributed by atoms with Crippen molar-refractivity contribution in [3.05, 3.63) is 0 Å². The summed E-state index contributed by atoms with van der Waals surface area (Å²) in [5.74, 6) is 1.58. The van der Waals surface area contributed by atoms with Crippen LogP contribution in [0.1, 0.15) is 119 Å². The molecule has 179 valence electrons. The third-order valence-corrected chi connectivity index (χ3v) is 6.70. The van der Waals surface area contributed by atoms with E-state index in [9.17, 15) is 0 Å². The van der Waals surface area contributed by atoms with Gasteiger partial charge in [0.05, 0.1) is 0 Å². The fraction of sp³-hybridized carbons (Fsp3) is 1.00. The number of hydrogen-bond acceptors (Lipinski definition) is 3. The van der Waals surface area contributed by atoms with Crippen LogP contribution in [0.2, 0.25) is 4.44 Å². The molecular weight excluding hydrogens is 479 g/mol. The molecule has 30 heavy (non-hydrogen) atoms. The SMILES string of the molecule is CC(C)CCCCCOC([CH2][Sn])(OCCCCCC(C)C)OCCCCCC(C)C. The van der Waals surface area contributed by atoms with E-state index in [1.807, 2.05) is 0 Å². The molecule has 0 aromatic heterocycles. The van der Waals surface area contributed by atoms with Crippen molar-refractivity contribution in [3.63, 3.8) is 0 Å². The number of unbranched alkanes of at least 4 members (excludes halogenated alkanes) is 6. The standard InChI is InChI=1S/C26H53O3.Sn/c1-23(2)17-11-8-14-20-27-26(7,28-21-15-9-12-18-24(3)4)29-22-16-10-13-19-25(5)6;/h23-25H,7-22H2,1-6H3;. The van der Waals surface area contributed by atoms with Gasteiger partial charge in [0.15, 0.2) is 0 Å². The van der Waals surface area contributed by atoms with Crippen LogP contribution in [0.3, 0.4) is 0 Å². The minimum absolute atomic E-state index is 0.743. The normalized spacial score (nSPS) is 12.6. The molecule has 0 aromatic rings. The quantitative estimate of drug-likeness (QED) is 0.0806. The predicted octanol–water partition coefficient (Wildman–Crippen LogP) is 7.93. The predicted molar refractivity (Wildman–Crippen MR) is 131 cm³/mol. The van der Waals surface area contributed by atoms with Crippen molar-refractivity contribution >= 4 is 22.5 Å². The molecule has 3 nitrogen and oxygen atoms in total. The third kappa shape index (κ3) is 19.4. The number of ether oxygens (including phenoxy) is 3. The van der Waals surface area contributed by atoms with E-state index in [0.717, 1.165) is 61.3 Å². The van der Waals surface area contributed by atoms with Crippen molar-refractivity contribution in [1.29, 1.82) is 0 Å². The van der Waals surface area contributed by atoms with Gasteiger partial charge in [-0.1, -0.05) is 0 Å². The second kappa shape index (κ2) is 20.3. The summed E-state index contributed by atoms with van der Waals surface area (Å²) < 4.78 is 19.6. The molecule has 0 atom stereocenters. The van der Waals surface area contributed by atoms with Gasteiger partial charge >= 0.3 is 203 Å². The molecule has 0 aliphatic carbocycles. The molecule has 0 amide bonds. The molecule has 0 spiro atoms. The van der Waals surface area contributed by atoms with Crippen molar-refractivity contribution in [2.45, 2.75) is 129 Å². The molecule has 0 heterocycles. The van der Waals surface area contributed by atoms with E-state index in [0.29, 0.717) is 0 Å². The Kier molecular flexibility index (Phi) is 20.8. The Labute approximate surface area is 202 Å². The zero-order valence-electron chi connectivity index (χ0n) is 21.3. The summed E-state index contributed by atoms with van der Waals surface area (Å²) >= 11 is 1.41. The van der Waals surface area contributed by atoms with Crippen molar-refractivity contribution < 1.29 is 14.2 Å². The molecule has 0 N–H and O–H groups in total. The molecule has 0 rings (SSSR count). The molecule has 0 aliphatic heterocycles. The summed E-state index contributed by atoms with van der Waals surface area (Å²) in [7, 11) is 0. The second-order valence-electron chi connectivity index (χ2n) is 10.1. The van der Waals surface area contributed by atoms with Gasteiger partial charge in [-0.05, 0) is 0 Å². The van der Waals surface area contributed by atoms with E-state index < -0.39 is 5.97 Å². The zero-order chi connectivity index (χ0) is 22.7. The van der Waals surface area contributed by atoms with Crippen LogP contribution in [0, 0.1) is 17.8 Å².